The van der Waals surface area contributed by atoms with Gasteiger partial charge in [-0.1, -0.05) is 29.3 Å². The van der Waals surface area contributed by atoms with Crippen LogP contribution in [-0.4, -0.2) is 32.3 Å². The summed E-state index contributed by atoms with van der Waals surface area (Å²) >= 11 is 11.7. The SMILES string of the molecule is O=S(=O)(Nc1cc(F)ccc1CN1CCC(F)(F)CC1)c1ccc(Cl)c(Cl)c1. The zero-order chi connectivity index (χ0) is 20.5. The van der Waals surface area contributed by atoms with Gasteiger partial charge in [-0.05, 0) is 35.9 Å². The van der Waals surface area contributed by atoms with E-state index in [9.17, 15) is 21.6 Å². The molecule has 28 heavy (non-hydrogen) atoms. The Bertz CT molecular complexity index is 977. The van der Waals surface area contributed by atoms with E-state index in [0.717, 1.165) is 6.07 Å². The number of anilines is 1. The van der Waals surface area contributed by atoms with Crippen LogP contribution in [0.25, 0.3) is 0 Å². The molecular weight excluding hydrogens is 436 g/mol. The minimum Gasteiger partial charge on any atom is -0.299 e. The number of nitrogens with zero attached hydrogens (tertiary/aromatic N) is 1. The van der Waals surface area contributed by atoms with Crippen LogP contribution < -0.4 is 4.72 Å². The van der Waals surface area contributed by atoms with Crippen molar-refractivity contribution in [3.05, 3.63) is 57.8 Å². The minimum absolute atomic E-state index is 0.0448. The average Bonchev–Trinajstić information content (AvgIpc) is 2.61. The smallest absolute Gasteiger partial charge is 0.261 e. The van der Waals surface area contributed by atoms with Crippen molar-refractivity contribution in [3.63, 3.8) is 0 Å². The lowest BCUT2D eigenvalue weighted by Gasteiger charge is -2.32. The molecule has 1 saturated heterocycles. The largest absolute Gasteiger partial charge is 0.299 e. The van der Waals surface area contributed by atoms with Gasteiger partial charge < -0.3 is 0 Å². The monoisotopic (exact) mass is 452 g/mol. The quantitative estimate of drug-likeness (QED) is 0.680. The number of alkyl halides is 2. The Kier molecular flexibility index (Phi) is 6.14. The fraction of sp³-hybridized carbons (Fsp3) is 0.333. The van der Waals surface area contributed by atoms with Gasteiger partial charge in [-0.25, -0.2) is 21.6 Å². The van der Waals surface area contributed by atoms with Gasteiger partial charge in [-0.15, -0.1) is 0 Å². The fourth-order valence-electron chi connectivity index (χ4n) is 2.91. The summed E-state index contributed by atoms with van der Waals surface area (Å²) < 4.78 is 68.1. The summed E-state index contributed by atoms with van der Waals surface area (Å²) in [6.45, 7) is 0.558. The molecule has 1 fully saturated rings. The molecule has 0 amide bonds. The van der Waals surface area contributed by atoms with Crippen LogP contribution >= 0.6 is 23.2 Å². The molecule has 1 heterocycles. The normalized spacial score (nSPS) is 17.5. The van der Waals surface area contributed by atoms with E-state index in [-0.39, 0.29) is 53.1 Å². The van der Waals surface area contributed by atoms with Gasteiger partial charge in [0.25, 0.3) is 15.9 Å². The topological polar surface area (TPSA) is 49.4 Å². The van der Waals surface area contributed by atoms with E-state index in [1.54, 1.807) is 4.90 Å². The molecule has 0 atom stereocenters. The molecule has 0 aliphatic carbocycles. The Hall–Kier alpha value is -1.48. The highest BCUT2D eigenvalue weighted by atomic mass is 35.5. The average molecular weight is 453 g/mol. The first-order valence-electron chi connectivity index (χ1n) is 8.42. The molecule has 4 nitrogen and oxygen atoms in total. The van der Waals surface area contributed by atoms with Crippen molar-refractivity contribution in [1.29, 1.82) is 0 Å². The summed E-state index contributed by atoms with van der Waals surface area (Å²) in [6.07, 6.45) is -0.531. The molecular formula is C18H17Cl2F3N2O2S. The number of halogens is 5. The molecule has 152 valence electrons. The van der Waals surface area contributed by atoms with E-state index in [4.69, 9.17) is 23.2 Å². The first kappa shape index (κ1) is 21.2. The second kappa shape index (κ2) is 8.10. The molecule has 1 aliphatic rings. The molecule has 2 aromatic carbocycles. The molecule has 3 rings (SSSR count). The standard InChI is InChI=1S/C18H17Cl2F3N2O2S/c19-15-4-3-14(10-16(15)20)28(26,27)24-17-9-13(21)2-1-12(17)11-25-7-5-18(22,23)6-8-25/h1-4,9-10,24H,5-8,11H2. The second-order valence-corrected chi connectivity index (χ2v) is 9.11. The maximum absolute atomic E-state index is 13.7. The minimum atomic E-state index is -4.05. The number of benzene rings is 2. The number of hydrogen-bond donors (Lipinski definition) is 1. The van der Waals surface area contributed by atoms with Crippen molar-refractivity contribution in [2.24, 2.45) is 0 Å². The Morgan fingerprint density at radius 1 is 1.04 bits per heavy atom. The maximum atomic E-state index is 13.7. The van der Waals surface area contributed by atoms with E-state index in [0.29, 0.717) is 5.56 Å². The summed E-state index contributed by atoms with van der Waals surface area (Å²) in [5.41, 5.74) is 0.527. The lowest BCUT2D eigenvalue weighted by atomic mass is 10.1. The molecule has 0 radical (unpaired) electrons. The van der Waals surface area contributed by atoms with E-state index in [2.05, 4.69) is 4.72 Å². The third-order valence-corrected chi connectivity index (χ3v) is 6.60. The van der Waals surface area contributed by atoms with E-state index < -0.39 is 21.8 Å². The summed E-state index contributed by atoms with van der Waals surface area (Å²) in [5, 5.41) is 0.271. The van der Waals surface area contributed by atoms with Gasteiger partial charge >= 0.3 is 0 Å². The van der Waals surface area contributed by atoms with Crippen LogP contribution in [0.2, 0.25) is 10.0 Å². The van der Waals surface area contributed by atoms with E-state index >= 15 is 0 Å². The highest BCUT2D eigenvalue weighted by molar-refractivity contribution is 7.92. The first-order chi connectivity index (χ1) is 13.1. The number of rotatable bonds is 5. The van der Waals surface area contributed by atoms with Crippen LogP contribution in [0.3, 0.4) is 0 Å². The predicted molar refractivity (Wildman–Crippen MR) is 103 cm³/mol. The van der Waals surface area contributed by atoms with Gasteiger partial charge in [0.1, 0.15) is 5.82 Å². The third-order valence-electron chi connectivity index (χ3n) is 4.50. The van der Waals surface area contributed by atoms with Crippen molar-refractivity contribution in [2.45, 2.75) is 30.2 Å². The van der Waals surface area contributed by atoms with E-state index in [1.807, 2.05) is 0 Å². The number of sulfonamides is 1. The van der Waals surface area contributed by atoms with Gasteiger partial charge in [0.2, 0.25) is 0 Å². The second-order valence-electron chi connectivity index (χ2n) is 6.61. The van der Waals surface area contributed by atoms with Crippen molar-refractivity contribution < 1.29 is 21.6 Å². The third kappa shape index (κ3) is 5.11. The highest BCUT2D eigenvalue weighted by Gasteiger charge is 2.34. The zero-order valence-corrected chi connectivity index (χ0v) is 16.9. The summed E-state index contributed by atoms with van der Waals surface area (Å²) in [6, 6.07) is 7.52. The van der Waals surface area contributed by atoms with Crippen LogP contribution in [-0.2, 0) is 16.6 Å². The molecule has 0 unspecified atom stereocenters. The Balaban J connectivity index is 1.83. The fourth-order valence-corrected chi connectivity index (χ4v) is 4.39. The molecule has 0 saturated carbocycles. The maximum Gasteiger partial charge on any atom is 0.261 e. The van der Waals surface area contributed by atoms with Gasteiger partial charge in [-0.3, -0.25) is 9.62 Å². The molecule has 2 aromatic rings. The van der Waals surface area contributed by atoms with Crippen LogP contribution in [0.15, 0.2) is 41.3 Å². The lowest BCUT2D eigenvalue weighted by molar-refractivity contribution is -0.0566. The zero-order valence-electron chi connectivity index (χ0n) is 14.6. The van der Waals surface area contributed by atoms with Crippen LogP contribution in [0, 0.1) is 5.82 Å². The van der Waals surface area contributed by atoms with Crippen molar-refractivity contribution in [1.82, 2.24) is 4.90 Å². The molecule has 1 aliphatic heterocycles. The molecule has 0 aromatic heterocycles. The number of hydrogen-bond acceptors (Lipinski definition) is 3. The number of piperidine rings is 1. The molecule has 0 spiro atoms. The lowest BCUT2D eigenvalue weighted by Crippen LogP contribution is -2.39. The van der Waals surface area contributed by atoms with Gasteiger partial charge in [-0.2, -0.15) is 0 Å². The summed E-state index contributed by atoms with van der Waals surface area (Å²) in [7, 11) is -4.05. The molecule has 10 heteroatoms. The molecule has 1 N–H and O–H groups in total. The van der Waals surface area contributed by atoms with Gasteiger partial charge in [0.05, 0.1) is 20.6 Å². The van der Waals surface area contributed by atoms with Crippen LogP contribution in [0.5, 0.6) is 0 Å². The van der Waals surface area contributed by atoms with Crippen molar-refractivity contribution in [3.8, 4) is 0 Å². The van der Waals surface area contributed by atoms with Crippen LogP contribution in [0.1, 0.15) is 18.4 Å². The predicted octanol–water partition coefficient (Wildman–Crippen LogP) is 5.16. The Labute approximate surface area is 171 Å². The van der Waals surface area contributed by atoms with Crippen molar-refractivity contribution >= 4 is 38.9 Å². The van der Waals surface area contributed by atoms with E-state index in [1.165, 1.54) is 30.3 Å². The van der Waals surface area contributed by atoms with Gasteiger partial charge in [0.15, 0.2) is 0 Å². The van der Waals surface area contributed by atoms with Crippen LogP contribution in [0.4, 0.5) is 18.9 Å². The highest BCUT2D eigenvalue weighted by Crippen LogP contribution is 2.31. The number of likely N-dealkylation sites (tertiary alicyclic amines) is 1. The van der Waals surface area contributed by atoms with Crippen molar-refractivity contribution in [2.75, 3.05) is 17.8 Å². The molecule has 0 bridgehead atoms. The number of nitrogens with one attached hydrogen (secondary N) is 1. The van der Waals surface area contributed by atoms with Gasteiger partial charge in [0, 0.05) is 32.5 Å². The Morgan fingerprint density at radius 3 is 2.36 bits per heavy atom. The summed E-state index contributed by atoms with van der Waals surface area (Å²) in [5.74, 6) is -3.31. The first-order valence-corrected chi connectivity index (χ1v) is 10.7. The summed E-state index contributed by atoms with van der Waals surface area (Å²) in [4.78, 5) is 1.65. The Morgan fingerprint density at radius 2 is 1.71 bits per heavy atom.